The van der Waals surface area contributed by atoms with Crippen molar-refractivity contribution in [2.24, 2.45) is 5.92 Å². The van der Waals surface area contributed by atoms with E-state index in [-0.39, 0.29) is 11.8 Å². The standard InChI is InChI=1S/C8H17NOS2/c1-2-9-8(10)7(6-12)4-3-5-11/h7,11-12H,2-6H2,1H3,(H,9,10). The van der Waals surface area contributed by atoms with Gasteiger partial charge in [-0.2, -0.15) is 25.3 Å². The normalized spacial score (nSPS) is 12.6. The lowest BCUT2D eigenvalue weighted by atomic mass is 10.1. The molecule has 12 heavy (non-hydrogen) atoms. The Bertz CT molecular complexity index is 130. The lowest BCUT2D eigenvalue weighted by Gasteiger charge is -2.12. The minimum atomic E-state index is 0.0560. The van der Waals surface area contributed by atoms with Crippen molar-refractivity contribution < 1.29 is 4.79 Å². The summed E-state index contributed by atoms with van der Waals surface area (Å²) in [5, 5.41) is 2.79. The summed E-state index contributed by atoms with van der Waals surface area (Å²) in [7, 11) is 0. The number of carbonyl (C=O) groups is 1. The summed E-state index contributed by atoms with van der Waals surface area (Å²) in [6, 6.07) is 0. The van der Waals surface area contributed by atoms with Crippen molar-refractivity contribution in [1.82, 2.24) is 5.32 Å². The highest BCUT2D eigenvalue weighted by Crippen LogP contribution is 2.09. The highest BCUT2D eigenvalue weighted by molar-refractivity contribution is 7.80. The summed E-state index contributed by atoms with van der Waals surface area (Å²) in [4.78, 5) is 11.3. The van der Waals surface area contributed by atoms with Gasteiger partial charge in [0.25, 0.3) is 0 Å². The van der Waals surface area contributed by atoms with E-state index in [1.807, 2.05) is 6.92 Å². The minimum Gasteiger partial charge on any atom is -0.356 e. The Hall–Kier alpha value is 0.170. The van der Waals surface area contributed by atoms with Crippen LogP contribution < -0.4 is 5.32 Å². The van der Waals surface area contributed by atoms with Crippen molar-refractivity contribution in [2.75, 3.05) is 18.1 Å². The maximum Gasteiger partial charge on any atom is 0.223 e. The summed E-state index contributed by atoms with van der Waals surface area (Å²) in [5.41, 5.74) is 0. The number of carbonyl (C=O) groups excluding carboxylic acids is 1. The zero-order valence-corrected chi connectivity index (χ0v) is 9.20. The van der Waals surface area contributed by atoms with Gasteiger partial charge in [0.15, 0.2) is 0 Å². The molecule has 0 radical (unpaired) electrons. The van der Waals surface area contributed by atoms with Crippen LogP contribution in [0.5, 0.6) is 0 Å². The van der Waals surface area contributed by atoms with Crippen LogP contribution in [0.2, 0.25) is 0 Å². The Labute approximate surface area is 85.3 Å². The molecule has 0 aromatic rings. The fourth-order valence-corrected chi connectivity index (χ4v) is 1.49. The number of nitrogens with one attached hydrogen (secondary N) is 1. The number of rotatable bonds is 6. The molecule has 0 aliphatic heterocycles. The minimum absolute atomic E-state index is 0.0560. The summed E-state index contributed by atoms with van der Waals surface area (Å²) < 4.78 is 0. The number of amides is 1. The van der Waals surface area contributed by atoms with Gasteiger partial charge in [0.05, 0.1) is 0 Å². The molecule has 0 saturated heterocycles. The molecule has 0 aromatic heterocycles. The lowest BCUT2D eigenvalue weighted by Crippen LogP contribution is -2.31. The van der Waals surface area contributed by atoms with Crippen LogP contribution in [0.1, 0.15) is 19.8 Å². The van der Waals surface area contributed by atoms with Crippen LogP contribution in [0.15, 0.2) is 0 Å². The molecule has 0 aliphatic rings. The van der Waals surface area contributed by atoms with Gasteiger partial charge in [-0.25, -0.2) is 0 Å². The van der Waals surface area contributed by atoms with Crippen LogP contribution >= 0.6 is 25.3 Å². The average Bonchev–Trinajstić information content (AvgIpc) is 2.06. The Morgan fingerprint density at radius 3 is 2.58 bits per heavy atom. The molecule has 1 N–H and O–H groups in total. The summed E-state index contributed by atoms with van der Waals surface area (Å²) >= 11 is 8.23. The van der Waals surface area contributed by atoms with Gasteiger partial charge in [0.1, 0.15) is 0 Å². The van der Waals surface area contributed by atoms with E-state index in [0.717, 1.165) is 18.6 Å². The molecule has 1 amide bonds. The van der Waals surface area contributed by atoms with Crippen LogP contribution in [0.3, 0.4) is 0 Å². The van der Waals surface area contributed by atoms with Crippen molar-refractivity contribution in [3.63, 3.8) is 0 Å². The molecule has 0 bridgehead atoms. The third-order valence-corrected chi connectivity index (χ3v) is 2.41. The second kappa shape index (κ2) is 7.80. The maximum atomic E-state index is 11.3. The average molecular weight is 207 g/mol. The quantitative estimate of drug-likeness (QED) is 0.564. The van der Waals surface area contributed by atoms with E-state index in [4.69, 9.17) is 0 Å². The molecule has 1 unspecified atom stereocenters. The predicted molar refractivity (Wildman–Crippen MR) is 59.1 cm³/mol. The zero-order chi connectivity index (χ0) is 9.40. The summed E-state index contributed by atoms with van der Waals surface area (Å²) in [6.07, 6.45) is 1.87. The molecule has 1 atom stereocenters. The molecular weight excluding hydrogens is 190 g/mol. The van der Waals surface area contributed by atoms with E-state index < -0.39 is 0 Å². The monoisotopic (exact) mass is 207 g/mol. The van der Waals surface area contributed by atoms with Crippen molar-refractivity contribution in [3.8, 4) is 0 Å². The Balaban J connectivity index is 3.71. The van der Waals surface area contributed by atoms with Gasteiger partial charge >= 0.3 is 0 Å². The van der Waals surface area contributed by atoms with Crippen molar-refractivity contribution in [3.05, 3.63) is 0 Å². The lowest BCUT2D eigenvalue weighted by molar-refractivity contribution is -0.124. The smallest absolute Gasteiger partial charge is 0.223 e. The van der Waals surface area contributed by atoms with Gasteiger partial charge in [-0.15, -0.1) is 0 Å². The van der Waals surface area contributed by atoms with Crippen molar-refractivity contribution >= 4 is 31.2 Å². The summed E-state index contributed by atoms with van der Waals surface area (Å²) in [6.45, 7) is 2.62. The highest BCUT2D eigenvalue weighted by Gasteiger charge is 2.14. The fraction of sp³-hybridized carbons (Fsp3) is 0.875. The van der Waals surface area contributed by atoms with E-state index >= 15 is 0 Å². The Kier molecular flexibility index (Phi) is 7.91. The Morgan fingerprint density at radius 2 is 2.17 bits per heavy atom. The van der Waals surface area contributed by atoms with E-state index in [2.05, 4.69) is 30.6 Å². The van der Waals surface area contributed by atoms with E-state index in [1.54, 1.807) is 0 Å². The first kappa shape index (κ1) is 12.2. The molecule has 0 rings (SSSR count). The first-order valence-electron chi connectivity index (χ1n) is 4.25. The van der Waals surface area contributed by atoms with E-state index in [9.17, 15) is 4.79 Å². The van der Waals surface area contributed by atoms with Crippen LogP contribution in [-0.2, 0) is 4.79 Å². The fourth-order valence-electron chi connectivity index (χ4n) is 0.962. The number of thiol groups is 2. The molecule has 0 saturated carbocycles. The van der Waals surface area contributed by atoms with Gasteiger partial charge in [-0.3, -0.25) is 4.79 Å². The molecule has 4 heteroatoms. The van der Waals surface area contributed by atoms with Crippen LogP contribution in [-0.4, -0.2) is 24.0 Å². The molecule has 72 valence electrons. The third-order valence-electron chi connectivity index (χ3n) is 1.65. The number of hydrogen-bond donors (Lipinski definition) is 3. The maximum absolute atomic E-state index is 11.3. The van der Waals surface area contributed by atoms with Crippen LogP contribution in [0, 0.1) is 5.92 Å². The topological polar surface area (TPSA) is 29.1 Å². The Morgan fingerprint density at radius 1 is 1.50 bits per heavy atom. The van der Waals surface area contributed by atoms with Crippen LogP contribution in [0.25, 0.3) is 0 Å². The SMILES string of the molecule is CCNC(=O)C(CS)CCCS. The highest BCUT2D eigenvalue weighted by atomic mass is 32.1. The molecule has 2 nitrogen and oxygen atoms in total. The molecule has 0 heterocycles. The molecule has 0 fully saturated rings. The molecule has 0 spiro atoms. The molecule has 0 aromatic carbocycles. The van der Waals surface area contributed by atoms with E-state index in [0.29, 0.717) is 12.3 Å². The van der Waals surface area contributed by atoms with Gasteiger partial charge in [0, 0.05) is 18.2 Å². The van der Waals surface area contributed by atoms with Gasteiger partial charge in [-0.1, -0.05) is 0 Å². The molecular formula is C8H17NOS2. The first-order chi connectivity index (χ1) is 5.76. The second-order valence-electron chi connectivity index (χ2n) is 2.64. The van der Waals surface area contributed by atoms with Crippen molar-refractivity contribution in [2.45, 2.75) is 19.8 Å². The second-order valence-corrected chi connectivity index (χ2v) is 3.45. The van der Waals surface area contributed by atoms with Gasteiger partial charge in [0.2, 0.25) is 5.91 Å². The largest absolute Gasteiger partial charge is 0.356 e. The van der Waals surface area contributed by atoms with E-state index in [1.165, 1.54) is 0 Å². The number of hydrogen-bond acceptors (Lipinski definition) is 3. The zero-order valence-electron chi connectivity index (χ0n) is 7.42. The van der Waals surface area contributed by atoms with Gasteiger partial charge < -0.3 is 5.32 Å². The van der Waals surface area contributed by atoms with Gasteiger partial charge in [-0.05, 0) is 25.5 Å². The van der Waals surface area contributed by atoms with Crippen molar-refractivity contribution in [1.29, 1.82) is 0 Å². The molecule has 0 aliphatic carbocycles. The predicted octanol–water partition coefficient (Wildman–Crippen LogP) is 1.38. The first-order valence-corrected chi connectivity index (χ1v) is 5.52. The third kappa shape index (κ3) is 4.93. The van der Waals surface area contributed by atoms with Crippen LogP contribution in [0.4, 0.5) is 0 Å². The summed E-state index contributed by atoms with van der Waals surface area (Å²) in [5.74, 6) is 1.64.